The molecule has 1 atom stereocenters. The molecule has 0 aliphatic heterocycles. The van der Waals surface area contributed by atoms with E-state index in [4.69, 9.17) is 11.6 Å². The lowest BCUT2D eigenvalue weighted by Gasteiger charge is -2.13. The highest BCUT2D eigenvalue weighted by Gasteiger charge is 2.24. The highest BCUT2D eigenvalue weighted by Crippen LogP contribution is 2.40. The third kappa shape index (κ3) is 3.02. The molecule has 0 amide bonds. The maximum atomic E-state index is 13.7. The molecule has 3 heteroatoms. The van der Waals surface area contributed by atoms with Crippen LogP contribution in [0.4, 0.5) is 4.39 Å². The van der Waals surface area contributed by atoms with Gasteiger partial charge in [-0.25, -0.2) is 4.39 Å². The number of hydrogen-bond acceptors (Lipinski definition) is 1. The molecule has 1 unspecified atom stereocenters. The fraction of sp³-hybridized carbons (Fsp3) is 0.294. The van der Waals surface area contributed by atoms with Crippen molar-refractivity contribution in [3.05, 3.63) is 70.0 Å². The van der Waals surface area contributed by atoms with Gasteiger partial charge in [-0.2, -0.15) is 0 Å². The van der Waals surface area contributed by atoms with E-state index in [1.165, 1.54) is 30.5 Å². The highest BCUT2D eigenvalue weighted by atomic mass is 35.5. The molecule has 104 valence electrons. The summed E-state index contributed by atoms with van der Waals surface area (Å²) in [4.78, 5) is 0. The van der Waals surface area contributed by atoms with E-state index in [2.05, 4.69) is 6.07 Å². The van der Waals surface area contributed by atoms with E-state index in [-0.39, 0.29) is 12.2 Å². The monoisotopic (exact) mass is 290 g/mol. The molecular weight excluding hydrogens is 275 g/mol. The van der Waals surface area contributed by atoms with Gasteiger partial charge in [-0.05, 0) is 53.6 Å². The number of benzene rings is 2. The lowest BCUT2D eigenvalue weighted by Crippen LogP contribution is -2.04. The summed E-state index contributed by atoms with van der Waals surface area (Å²) in [6.45, 7) is 0. The maximum absolute atomic E-state index is 13.7. The summed E-state index contributed by atoms with van der Waals surface area (Å²) in [5.41, 5.74) is 2.56. The van der Waals surface area contributed by atoms with E-state index in [1.807, 2.05) is 18.2 Å². The van der Waals surface area contributed by atoms with Gasteiger partial charge in [0.15, 0.2) is 0 Å². The predicted molar refractivity (Wildman–Crippen MR) is 78.5 cm³/mol. The van der Waals surface area contributed by atoms with Crippen LogP contribution in [0.2, 0.25) is 5.02 Å². The van der Waals surface area contributed by atoms with Crippen LogP contribution in [0.25, 0.3) is 0 Å². The standard InChI is InChI=1S/C17H16ClFO/c18-15-6-7-16(19)14(9-15)10-17(20)13-3-1-2-12(8-13)11-4-5-11/h1-3,6-9,11,17,20H,4-5,10H2. The summed E-state index contributed by atoms with van der Waals surface area (Å²) >= 11 is 5.87. The van der Waals surface area contributed by atoms with Crippen LogP contribution in [0.3, 0.4) is 0 Å². The van der Waals surface area contributed by atoms with Crippen LogP contribution in [-0.4, -0.2) is 5.11 Å². The Morgan fingerprint density at radius 3 is 2.75 bits per heavy atom. The zero-order valence-corrected chi connectivity index (χ0v) is 11.8. The normalized spacial score (nSPS) is 16.1. The zero-order valence-electron chi connectivity index (χ0n) is 11.0. The van der Waals surface area contributed by atoms with Gasteiger partial charge in [0.2, 0.25) is 0 Å². The lowest BCUT2D eigenvalue weighted by molar-refractivity contribution is 0.177. The van der Waals surface area contributed by atoms with E-state index in [1.54, 1.807) is 6.07 Å². The fourth-order valence-electron chi connectivity index (χ4n) is 2.46. The molecule has 1 saturated carbocycles. The molecule has 2 aromatic rings. The Balaban J connectivity index is 1.80. The second-order valence-electron chi connectivity index (χ2n) is 5.40. The largest absolute Gasteiger partial charge is 0.388 e. The number of aliphatic hydroxyl groups is 1. The third-order valence-corrected chi connectivity index (χ3v) is 4.00. The first-order valence-corrected chi connectivity index (χ1v) is 7.23. The molecule has 0 aromatic heterocycles. The van der Waals surface area contributed by atoms with Crippen molar-refractivity contribution in [3.63, 3.8) is 0 Å². The maximum Gasteiger partial charge on any atom is 0.126 e. The summed E-state index contributed by atoms with van der Waals surface area (Å²) in [5, 5.41) is 10.8. The van der Waals surface area contributed by atoms with Crippen LogP contribution in [-0.2, 0) is 6.42 Å². The van der Waals surface area contributed by atoms with Crippen molar-refractivity contribution in [2.45, 2.75) is 31.3 Å². The van der Waals surface area contributed by atoms with Gasteiger partial charge in [-0.15, -0.1) is 0 Å². The Morgan fingerprint density at radius 1 is 1.20 bits per heavy atom. The second kappa shape index (κ2) is 5.55. The molecule has 3 rings (SSSR count). The minimum Gasteiger partial charge on any atom is -0.388 e. The van der Waals surface area contributed by atoms with Gasteiger partial charge in [0.05, 0.1) is 6.10 Å². The van der Waals surface area contributed by atoms with Gasteiger partial charge in [-0.1, -0.05) is 35.9 Å². The van der Waals surface area contributed by atoms with Gasteiger partial charge in [0.25, 0.3) is 0 Å². The van der Waals surface area contributed by atoms with E-state index in [9.17, 15) is 9.50 Å². The third-order valence-electron chi connectivity index (χ3n) is 3.77. The van der Waals surface area contributed by atoms with Crippen LogP contribution in [0.1, 0.15) is 41.6 Å². The first-order valence-electron chi connectivity index (χ1n) is 6.85. The topological polar surface area (TPSA) is 20.2 Å². The Labute approximate surface area is 123 Å². The minimum atomic E-state index is -0.707. The SMILES string of the molecule is OC(Cc1cc(Cl)ccc1F)c1cccc(C2CC2)c1. The van der Waals surface area contributed by atoms with Gasteiger partial charge in [0.1, 0.15) is 5.82 Å². The fourth-order valence-corrected chi connectivity index (χ4v) is 2.66. The summed E-state index contributed by atoms with van der Waals surface area (Å²) in [6, 6.07) is 12.4. The lowest BCUT2D eigenvalue weighted by atomic mass is 9.98. The number of aliphatic hydroxyl groups excluding tert-OH is 1. The van der Waals surface area contributed by atoms with Crippen molar-refractivity contribution in [3.8, 4) is 0 Å². The number of halogens is 2. The summed E-state index contributed by atoms with van der Waals surface area (Å²) in [7, 11) is 0. The Hall–Kier alpha value is -1.38. The van der Waals surface area contributed by atoms with Gasteiger partial charge in [0, 0.05) is 11.4 Å². The van der Waals surface area contributed by atoms with Crippen LogP contribution in [0.15, 0.2) is 42.5 Å². The predicted octanol–water partition coefficient (Wildman–Crippen LogP) is 4.63. The van der Waals surface area contributed by atoms with Gasteiger partial charge < -0.3 is 5.11 Å². The van der Waals surface area contributed by atoms with Crippen molar-refractivity contribution >= 4 is 11.6 Å². The molecule has 0 spiro atoms. The first kappa shape index (κ1) is 13.6. The molecule has 1 N–H and O–H groups in total. The molecule has 2 aromatic carbocycles. The van der Waals surface area contributed by atoms with Crippen molar-refractivity contribution < 1.29 is 9.50 Å². The average Bonchev–Trinajstić information content (AvgIpc) is 3.27. The van der Waals surface area contributed by atoms with E-state index in [0.717, 1.165) is 5.56 Å². The average molecular weight is 291 g/mol. The molecule has 20 heavy (non-hydrogen) atoms. The van der Waals surface area contributed by atoms with Crippen LogP contribution in [0.5, 0.6) is 0 Å². The molecule has 0 radical (unpaired) electrons. The summed E-state index contributed by atoms with van der Waals surface area (Å²) < 4.78 is 13.7. The summed E-state index contributed by atoms with van der Waals surface area (Å²) in [5.74, 6) is 0.317. The highest BCUT2D eigenvalue weighted by molar-refractivity contribution is 6.30. The Morgan fingerprint density at radius 2 is 2.00 bits per heavy atom. The summed E-state index contributed by atoms with van der Waals surface area (Å²) in [6.07, 6.45) is 1.98. The quantitative estimate of drug-likeness (QED) is 0.870. The van der Waals surface area contributed by atoms with Crippen LogP contribution < -0.4 is 0 Å². The first-order chi connectivity index (χ1) is 9.63. The molecule has 0 heterocycles. The van der Waals surface area contributed by atoms with Crippen molar-refractivity contribution in [1.82, 2.24) is 0 Å². The van der Waals surface area contributed by atoms with E-state index >= 15 is 0 Å². The Kier molecular flexibility index (Phi) is 3.77. The van der Waals surface area contributed by atoms with Gasteiger partial charge in [-0.3, -0.25) is 0 Å². The molecule has 1 aliphatic rings. The Bertz CT molecular complexity index is 622. The molecule has 0 bridgehead atoms. The second-order valence-corrected chi connectivity index (χ2v) is 5.84. The van der Waals surface area contributed by atoms with E-state index < -0.39 is 6.10 Å². The van der Waals surface area contributed by atoms with Crippen molar-refractivity contribution in [1.29, 1.82) is 0 Å². The number of hydrogen-bond donors (Lipinski definition) is 1. The molecule has 1 aliphatic carbocycles. The molecule has 1 nitrogen and oxygen atoms in total. The van der Waals surface area contributed by atoms with E-state index in [0.29, 0.717) is 16.5 Å². The van der Waals surface area contributed by atoms with Crippen LogP contribution >= 0.6 is 11.6 Å². The van der Waals surface area contributed by atoms with Gasteiger partial charge >= 0.3 is 0 Å². The molecular formula is C17H16ClFO. The van der Waals surface area contributed by atoms with Crippen LogP contribution in [0, 0.1) is 5.82 Å². The molecule has 0 saturated heterocycles. The van der Waals surface area contributed by atoms with Crippen molar-refractivity contribution in [2.24, 2.45) is 0 Å². The number of rotatable bonds is 4. The zero-order chi connectivity index (χ0) is 14.1. The molecule has 1 fully saturated rings. The van der Waals surface area contributed by atoms with Crippen molar-refractivity contribution in [2.75, 3.05) is 0 Å². The minimum absolute atomic E-state index is 0.237. The smallest absolute Gasteiger partial charge is 0.126 e.